The fraction of sp³-hybridized carbons (Fsp3) is 0.0385. The molecule has 0 aliphatic heterocycles. The van der Waals surface area contributed by atoms with Crippen LogP contribution < -0.4 is 9.47 Å². The van der Waals surface area contributed by atoms with Gasteiger partial charge in [-0.3, -0.25) is 4.79 Å². The topological polar surface area (TPSA) is 70.4 Å². The monoisotopic (exact) mass is 522 g/mol. The number of fused-ring (bicyclic) bond motifs is 1. The van der Waals surface area contributed by atoms with Gasteiger partial charge in [-0.15, -0.1) is 11.3 Å². The molecule has 5 aromatic rings. The van der Waals surface area contributed by atoms with Crippen LogP contribution in [0.25, 0.3) is 27.2 Å². The van der Waals surface area contributed by atoms with Gasteiger partial charge in [0.05, 0.1) is 23.2 Å². The van der Waals surface area contributed by atoms with Crippen LogP contribution in [0, 0.1) is 0 Å². The van der Waals surface area contributed by atoms with Gasteiger partial charge in [-0.1, -0.05) is 53.5 Å². The first kappa shape index (κ1) is 23.1. The van der Waals surface area contributed by atoms with Crippen molar-refractivity contribution in [1.29, 1.82) is 0 Å². The van der Waals surface area contributed by atoms with Crippen LogP contribution in [0.4, 0.5) is 0 Å². The molecule has 0 atom stereocenters. The Morgan fingerprint density at radius 1 is 1.00 bits per heavy atom. The zero-order valence-corrected chi connectivity index (χ0v) is 20.5. The van der Waals surface area contributed by atoms with Crippen LogP contribution in [0.3, 0.4) is 0 Å². The van der Waals surface area contributed by atoms with E-state index >= 15 is 0 Å². The second-order valence-corrected chi connectivity index (χ2v) is 9.26. The number of aldehydes is 1. The van der Waals surface area contributed by atoms with Gasteiger partial charge < -0.3 is 9.47 Å². The molecule has 6 nitrogen and oxygen atoms in total. The van der Waals surface area contributed by atoms with Crippen molar-refractivity contribution in [2.45, 2.75) is 0 Å². The molecular formula is C26H16Cl2N2O4S. The summed E-state index contributed by atoms with van der Waals surface area (Å²) in [7, 11) is 1.43. The molecule has 0 saturated heterocycles. The van der Waals surface area contributed by atoms with Crippen LogP contribution in [-0.2, 0) is 0 Å². The minimum absolute atomic E-state index is 0.180. The summed E-state index contributed by atoms with van der Waals surface area (Å²) in [6.07, 6.45) is 0.685. The normalized spacial score (nSPS) is 10.9. The van der Waals surface area contributed by atoms with Crippen LogP contribution in [0.2, 0.25) is 10.0 Å². The quantitative estimate of drug-likeness (QED) is 0.135. The zero-order valence-electron chi connectivity index (χ0n) is 18.2. The van der Waals surface area contributed by atoms with Crippen molar-refractivity contribution in [1.82, 2.24) is 9.78 Å². The lowest BCUT2D eigenvalue weighted by Crippen LogP contribution is -2.08. The van der Waals surface area contributed by atoms with Crippen LogP contribution >= 0.6 is 34.5 Å². The Balaban J connectivity index is 1.64. The van der Waals surface area contributed by atoms with E-state index in [4.69, 9.17) is 37.8 Å². The number of ether oxygens (including phenoxy) is 2. The minimum atomic E-state index is -0.643. The van der Waals surface area contributed by atoms with E-state index in [2.05, 4.69) is 0 Å². The summed E-state index contributed by atoms with van der Waals surface area (Å²) in [5.41, 5.74) is 2.65. The number of carbonyl (C=O) groups excluding carboxylic acids is 2. The highest BCUT2D eigenvalue weighted by molar-refractivity contribution is 7.21. The number of hydrogen-bond donors (Lipinski definition) is 0. The molecule has 0 bridgehead atoms. The Kier molecular flexibility index (Phi) is 6.30. The Morgan fingerprint density at radius 2 is 1.74 bits per heavy atom. The molecule has 0 saturated carbocycles. The first-order valence-corrected chi connectivity index (χ1v) is 11.9. The lowest BCUT2D eigenvalue weighted by Gasteiger charge is -2.09. The van der Waals surface area contributed by atoms with Crippen molar-refractivity contribution in [2.24, 2.45) is 0 Å². The Morgan fingerprint density at radius 3 is 2.43 bits per heavy atom. The predicted octanol–water partition coefficient (Wildman–Crippen LogP) is 7.10. The highest BCUT2D eigenvalue weighted by atomic mass is 35.5. The molecule has 0 fully saturated rings. The van der Waals surface area contributed by atoms with Gasteiger partial charge in [0.1, 0.15) is 21.7 Å². The summed E-state index contributed by atoms with van der Waals surface area (Å²) in [6, 6.07) is 21.4. The third kappa shape index (κ3) is 4.30. The average molecular weight is 523 g/mol. The Hall–Kier alpha value is -3.65. The summed E-state index contributed by atoms with van der Waals surface area (Å²) in [4.78, 5) is 25.2. The number of aromatic nitrogens is 2. The van der Waals surface area contributed by atoms with E-state index in [0.29, 0.717) is 32.8 Å². The number of halogens is 2. The molecule has 5 rings (SSSR count). The molecule has 0 spiro atoms. The summed E-state index contributed by atoms with van der Waals surface area (Å²) >= 11 is 14.0. The first-order chi connectivity index (χ1) is 17.0. The van der Waals surface area contributed by atoms with Crippen molar-refractivity contribution >= 4 is 57.0 Å². The SMILES string of the molecule is COc1cc(C=O)ccc1OC(=O)c1sc2c(c(-c3ccc(Cl)cc3)nn2-c2ccccc2)c1Cl. The van der Waals surface area contributed by atoms with E-state index in [1.165, 1.54) is 36.6 Å². The fourth-order valence-electron chi connectivity index (χ4n) is 3.62. The number of benzene rings is 3. The maximum Gasteiger partial charge on any atom is 0.355 e. The number of para-hydroxylation sites is 1. The maximum atomic E-state index is 13.2. The van der Waals surface area contributed by atoms with Gasteiger partial charge >= 0.3 is 5.97 Å². The van der Waals surface area contributed by atoms with Crippen LogP contribution in [-0.4, -0.2) is 29.1 Å². The van der Waals surface area contributed by atoms with Crippen molar-refractivity contribution in [3.8, 4) is 28.4 Å². The van der Waals surface area contributed by atoms with E-state index in [0.717, 1.165) is 11.3 Å². The number of hydrogen-bond acceptors (Lipinski definition) is 6. The smallest absolute Gasteiger partial charge is 0.355 e. The summed E-state index contributed by atoms with van der Waals surface area (Å²) < 4.78 is 12.6. The van der Waals surface area contributed by atoms with Crippen LogP contribution in [0.5, 0.6) is 11.5 Å². The lowest BCUT2D eigenvalue weighted by atomic mass is 10.1. The molecule has 0 N–H and O–H groups in total. The molecule has 0 radical (unpaired) electrons. The summed E-state index contributed by atoms with van der Waals surface area (Å²) in [6.45, 7) is 0. The molecule has 35 heavy (non-hydrogen) atoms. The molecule has 9 heteroatoms. The fourth-order valence-corrected chi connectivity index (χ4v) is 5.22. The predicted molar refractivity (Wildman–Crippen MR) is 138 cm³/mol. The average Bonchev–Trinajstić information content (AvgIpc) is 3.43. The second kappa shape index (κ2) is 9.54. The van der Waals surface area contributed by atoms with E-state index in [-0.39, 0.29) is 21.4 Å². The summed E-state index contributed by atoms with van der Waals surface area (Å²) in [5, 5.41) is 6.28. The standard InChI is InChI=1S/C26H16Cl2N2O4S/c1-33-20-13-15(14-31)7-12-19(20)34-26(32)24-22(28)21-23(16-8-10-17(27)11-9-16)29-30(25(21)35-24)18-5-3-2-4-6-18/h2-14H,1H3. The molecule has 2 aromatic heterocycles. The van der Waals surface area contributed by atoms with E-state index in [1.807, 2.05) is 42.5 Å². The van der Waals surface area contributed by atoms with E-state index in [9.17, 15) is 9.59 Å². The van der Waals surface area contributed by atoms with Gasteiger partial charge in [-0.2, -0.15) is 5.10 Å². The highest BCUT2D eigenvalue weighted by Gasteiger charge is 2.27. The number of thiophene rings is 1. The lowest BCUT2D eigenvalue weighted by molar-refractivity contribution is 0.0735. The highest BCUT2D eigenvalue weighted by Crippen LogP contribution is 2.43. The van der Waals surface area contributed by atoms with Gasteiger partial charge in [-0.25, -0.2) is 9.48 Å². The maximum absolute atomic E-state index is 13.2. The second-order valence-electron chi connectivity index (χ2n) is 7.45. The third-order valence-electron chi connectivity index (χ3n) is 5.29. The van der Waals surface area contributed by atoms with Crippen molar-refractivity contribution in [2.75, 3.05) is 7.11 Å². The van der Waals surface area contributed by atoms with Gasteiger partial charge in [-0.05, 0) is 42.5 Å². The third-order valence-corrected chi connectivity index (χ3v) is 7.18. The Bertz CT molecular complexity index is 1560. The van der Waals surface area contributed by atoms with Crippen molar-refractivity contribution in [3.63, 3.8) is 0 Å². The molecule has 2 heterocycles. The van der Waals surface area contributed by atoms with Gasteiger partial charge in [0.2, 0.25) is 0 Å². The van der Waals surface area contributed by atoms with Gasteiger partial charge in [0.25, 0.3) is 0 Å². The Labute approximate surface area is 214 Å². The van der Waals surface area contributed by atoms with Crippen molar-refractivity contribution in [3.05, 3.63) is 93.3 Å². The number of nitrogens with zero attached hydrogens (tertiary/aromatic N) is 2. The van der Waals surface area contributed by atoms with Crippen molar-refractivity contribution < 1.29 is 19.1 Å². The van der Waals surface area contributed by atoms with Gasteiger partial charge in [0, 0.05) is 16.1 Å². The molecule has 0 amide bonds. The molecule has 0 aliphatic rings. The van der Waals surface area contributed by atoms with Crippen LogP contribution in [0.15, 0.2) is 72.8 Å². The molecule has 174 valence electrons. The first-order valence-electron chi connectivity index (χ1n) is 10.4. The number of rotatable bonds is 6. The zero-order chi connectivity index (χ0) is 24.5. The van der Waals surface area contributed by atoms with Gasteiger partial charge in [0.15, 0.2) is 11.5 Å². The molecule has 0 unspecified atom stereocenters. The minimum Gasteiger partial charge on any atom is -0.493 e. The largest absolute Gasteiger partial charge is 0.493 e. The van der Waals surface area contributed by atoms with E-state index < -0.39 is 5.97 Å². The number of methoxy groups -OCH3 is 1. The number of carbonyl (C=O) groups is 2. The number of esters is 1. The van der Waals surface area contributed by atoms with Crippen LogP contribution in [0.1, 0.15) is 20.0 Å². The van der Waals surface area contributed by atoms with E-state index in [1.54, 1.807) is 16.8 Å². The molecule has 3 aromatic carbocycles. The summed E-state index contributed by atoms with van der Waals surface area (Å²) in [5.74, 6) is -0.202. The molecule has 0 aliphatic carbocycles. The molecular weight excluding hydrogens is 507 g/mol.